The fourth-order valence-corrected chi connectivity index (χ4v) is 1.56. The van der Waals surface area contributed by atoms with Gasteiger partial charge in [0.2, 0.25) is 0 Å². The Morgan fingerprint density at radius 1 is 1.36 bits per heavy atom. The molecule has 0 nitrogen and oxygen atoms in total. The first kappa shape index (κ1) is 11.4. The molecule has 1 heteroatoms. The molecule has 0 bridgehead atoms. The van der Waals surface area contributed by atoms with Crippen LogP contribution in [-0.2, 0) is 0 Å². The monoisotopic (exact) mass is 174 g/mol. The van der Waals surface area contributed by atoms with Crippen molar-refractivity contribution in [1.29, 1.82) is 0 Å². The molecule has 0 aromatic heterocycles. The Morgan fingerprint density at radius 3 is 2.27 bits per heavy atom. The smallest absolute Gasteiger partial charge is 0.0127 e. The quantitative estimate of drug-likeness (QED) is 0.600. The van der Waals surface area contributed by atoms with Crippen LogP contribution in [0.4, 0.5) is 0 Å². The van der Waals surface area contributed by atoms with Crippen molar-refractivity contribution < 1.29 is 0 Å². The first-order valence-electron chi connectivity index (χ1n) is 4.77. The van der Waals surface area contributed by atoms with Crippen molar-refractivity contribution in [3.63, 3.8) is 0 Å². The van der Waals surface area contributed by atoms with Crippen molar-refractivity contribution in [3.8, 4) is 0 Å². The number of hydrogen-bond donors (Lipinski definition) is 1. The Bertz CT molecular complexity index is 97.0. The zero-order chi connectivity index (χ0) is 8.91. The van der Waals surface area contributed by atoms with Crippen LogP contribution >= 0.6 is 12.6 Å². The molecule has 0 aromatic carbocycles. The lowest BCUT2D eigenvalue weighted by atomic mass is 9.88. The van der Waals surface area contributed by atoms with E-state index < -0.39 is 0 Å². The van der Waals surface area contributed by atoms with Crippen molar-refractivity contribution in [3.05, 3.63) is 0 Å². The highest BCUT2D eigenvalue weighted by Gasteiger charge is 2.24. The molecule has 0 heterocycles. The molecule has 0 saturated heterocycles. The largest absolute Gasteiger partial charge is 0.173 e. The molecule has 0 spiro atoms. The molecule has 0 fully saturated rings. The molecule has 0 saturated carbocycles. The Kier molecular flexibility index (Phi) is 5.24. The fraction of sp³-hybridized carbons (Fsp3) is 1.00. The summed E-state index contributed by atoms with van der Waals surface area (Å²) in [5.74, 6) is 0.734. The number of thiol groups is 1. The Balaban J connectivity index is 3.77. The molecule has 0 radical (unpaired) electrons. The summed E-state index contributed by atoms with van der Waals surface area (Å²) in [6.07, 6.45) is 5.09. The Labute approximate surface area is 77.2 Å². The van der Waals surface area contributed by atoms with Gasteiger partial charge in [0, 0.05) is 4.75 Å². The van der Waals surface area contributed by atoms with Gasteiger partial charge in [-0.15, -0.1) is 0 Å². The van der Waals surface area contributed by atoms with E-state index in [1.54, 1.807) is 0 Å². The van der Waals surface area contributed by atoms with E-state index in [1.165, 1.54) is 25.7 Å². The summed E-state index contributed by atoms with van der Waals surface area (Å²) in [7, 11) is 0. The molecule has 0 rings (SSSR count). The molecule has 0 amide bonds. The lowest BCUT2D eigenvalue weighted by Gasteiger charge is -2.30. The van der Waals surface area contributed by atoms with Crippen molar-refractivity contribution in [2.75, 3.05) is 0 Å². The number of rotatable bonds is 5. The van der Waals surface area contributed by atoms with Crippen LogP contribution in [0.2, 0.25) is 0 Å². The molecule has 2 unspecified atom stereocenters. The van der Waals surface area contributed by atoms with Gasteiger partial charge in [0.1, 0.15) is 0 Å². The number of unbranched alkanes of at least 4 members (excludes halogenated alkanes) is 1. The van der Waals surface area contributed by atoms with Crippen molar-refractivity contribution in [1.82, 2.24) is 0 Å². The average molecular weight is 174 g/mol. The standard InChI is InChI=1S/C10H22S/c1-5-7-8-10(4,11)9(3)6-2/h9,11H,5-8H2,1-4H3. The highest BCUT2D eigenvalue weighted by Crippen LogP contribution is 2.31. The molecular weight excluding hydrogens is 152 g/mol. The highest BCUT2D eigenvalue weighted by molar-refractivity contribution is 7.81. The van der Waals surface area contributed by atoms with E-state index in [0.717, 1.165) is 5.92 Å². The van der Waals surface area contributed by atoms with Gasteiger partial charge < -0.3 is 0 Å². The van der Waals surface area contributed by atoms with Gasteiger partial charge >= 0.3 is 0 Å². The van der Waals surface area contributed by atoms with Gasteiger partial charge in [0.05, 0.1) is 0 Å². The molecular formula is C10H22S. The first-order valence-corrected chi connectivity index (χ1v) is 5.21. The second-order valence-corrected chi connectivity index (χ2v) is 4.79. The lowest BCUT2D eigenvalue weighted by molar-refractivity contribution is 0.390. The summed E-state index contributed by atoms with van der Waals surface area (Å²) < 4.78 is 0.255. The third-order valence-corrected chi connectivity index (χ3v) is 3.37. The van der Waals surface area contributed by atoms with Crippen LogP contribution in [0.1, 0.15) is 53.4 Å². The van der Waals surface area contributed by atoms with Gasteiger partial charge in [-0.2, -0.15) is 12.6 Å². The summed E-state index contributed by atoms with van der Waals surface area (Å²) in [6.45, 7) is 9.04. The van der Waals surface area contributed by atoms with E-state index in [0.29, 0.717) is 0 Å². The predicted molar refractivity (Wildman–Crippen MR) is 56.4 cm³/mol. The molecule has 2 atom stereocenters. The number of hydrogen-bond acceptors (Lipinski definition) is 1. The van der Waals surface area contributed by atoms with Gasteiger partial charge in [-0.05, 0) is 12.3 Å². The summed E-state index contributed by atoms with van der Waals surface area (Å²) in [5, 5.41) is 0. The maximum absolute atomic E-state index is 4.70. The van der Waals surface area contributed by atoms with Crippen molar-refractivity contribution >= 4 is 12.6 Å². The minimum Gasteiger partial charge on any atom is -0.173 e. The molecule has 0 aliphatic rings. The van der Waals surface area contributed by atoms with Crippen LogP contribution < -0.4 is 0 Å². The summed E-state index contributed by atoms with van der Waals surface area (Å²) in [4.78, 5) is 0. The van der Waals surface area contributed by atoms with Crippen molar-refractivity contribution in [2.45, 2.75) is 58.1 Å². The zero-order valence-corrected chi connectivity index (χ0v) is 9.25. The molecule has 0 aliphatic heterocycles. The van der Waals surface area contributed by atoms with Gasteiger partial charge in [0.15, 0.2) is 0 Å². The average Bonchev–Trinajstić information content (AvgIpc) is 1.99. The van der Waals surface area contributed by atoms with Crippen LogP contribution in [0.25, 0.3) is 0 Å². The normalized spacial score (nSPS) is 19.4. The zero-order valence-electron chi connectivity index (χ0n) is 8.35. The van der Waals surface area contributed by atoms with Crippen LogP contribution in [-0.4, -0.2) is 4.75 Å². The third kappa shape index (κ3) is 4.05. The second-order valence-electron chi connectivity index (χ2n) is 3.77. The maximum Gasteiger partial charge on any atom is 0.0127 e. The van der Waals surface area contributed by atoms with E-state index in [9.17, 15) is 0 Å². The van der Waals surface area contributed by atoms with E-state index in [-0.39, 0.29) is 4.75 Å². The molecule has 0 aliphatic carbocycles. The van der Waals surface area contributed by atoms with Crippen LogP contribution in [0.15, 0.2) is 0 Å². The second kappa shape index (κ2) is 5.08. The van der Waals surface area contributed by atoms with Crippen molar-refractivity contribution in [2.24, 2.45) is 5.92 Å². The third-order valence-electron chi connectivity index (χ3n) is 2.71. The van der Waals surface area contributed by atoms with Gasteiger partial charge in [-0.3, -0.25) is 0 Å². The first-order chi connectivity index (χ1) is 5.04. The van der Waals surface area contributed by atoms with E-state index in [2.05, 4.69) is 27.7 Å². The minimum absolute atomic E-state index is 0.255. The van der Waals surface area contributed by atoms with E-state index in [4.69, 9.17) is 12.6 Å². The molecule has 68 valence electrons. The molecule has 0 N–H and O–H groups in total. The summed E-state index contributed by atoms with van der Waals surface area (Å²) >= 11 is 4.70. The van der Waals surface area contributed by atoms with Crippen LogP contribution in [0.5, 0.6) is 0 Å². The summed E-state index contributed by atoms with van der Waals surface area (Å²) in [6, 6.07) is 0. The van der Waals surface area contributed by atoms with E-state index in [1.807, 2.05) is 0 Å². The van der Waals surface area contributed by atoms with Gasteiger partial charge in [0.25, 0.3) is 0 Å². The Hall–Kier alpha value is 0.350. The topological polar surface area (TPSA) is 0 Å². The van der Waals surface area contributed by atoms with Gasteiger partial charge in [-0.1, -0.05) is 47.0 Å². The minimum atomic E-state index is 0.255. The molecule has 0 aromatic rings. The van der Waals surface area contributed by atoms with Crippen LogP contribution in [0.3, 0.4) is 0 Å². The SMILES string of the molecule is CCCCC(C)(S)C(C)CC. The summed E-state index contributed by atoms with van der Waals surface area (Å²) in [5.41, 5.74) is 0. The predicted octanol–water partition coefficient (Wildman–Crippen LogP) is 3.91. The molecule has 11 heavy (non-hydrogen) atoms. The Morgan fingerprint density at radius 2 is 1.91 bits per heavy atom. The highest BCUT2D eigenvalue weighted by atomic mass is 32.1. The van der Waals surface area contributed by atoms with E-state index >= 15 is 0 Å². The maximum atomic E-state index is 4.70. The fourth-order valence-electron chi connectivity index (χ4n) is 1.22. The van der Waals surface area contributed by atoms with Gasteiger partial charge in [-0.25, -0.2) is 0 Å². The lowest BCUT2D eigenvalue weighted by Crippen LogP contribution is -2.25. The van der Waals surface area contributed by atoms with Crippen LogP contribution in [0, 0.1) is 5.92 Å².